The lowest BCUT2D eigenvalue weighted by molar-refractivity contribution is -0.0505. The number of aliphatic imine (C=N–C) groups is 1. The van der Waals surface area contributed by atoms with E-state index in [2.05, 4.69) is 20.4 Å². The van der Waals surface area contributed by atoms with Gasteiger partial charge in [0.15, 0.2) is 17.5 Å². The van der Waals surface area contributed by atoms with E-state index in [4.69, 9.17) is 18.9 Å². The molecule has 0 amide bonds. The minimum absolute atomic E-state index is 0. The van der Waals surface area contributed by atoms with Crippen molar-refractivity contribution in [1.29, 1.82) is 0 Å². The zero-order valence-electron chi connectivity index (χ0n) is 17.5. The Morgan fingerprint density at radius 1 is 1.26 bits per heavy atom. The van der Waals surface area contributed by atoms with Gasteiger partial charge in [-0.1, -0.05) is 0 Å². The van der Waals surface area contributed by atoms with Crippen LogP contribution in [0, 0.1) is 0 Å². The molecular formula is C20H30F2IN3O5. The minimum atomic E-state index is -2.94. The normalized spacial score (nSPS) is 17.5. The molecule has 31 heavy (non-hydrogen) atoms. The predicted molar refractivity (Wildman–Crippen MR) is 122 cm³/mol. The van der Waals surface area contributed by atoms with Gasteiger partial charge in [0.1, 0.15) is 5.75 Å². The van der Waals surface area contributed by atoms with Crippen molar-refractivity contribution in [1.82, 2.24) is 10.6 Å². The highest BCUT2D eigenvalue weighted by Gasteiger charge is 2.20. The summed E-state index contributed by atoms with van der Waals surface area (Å²) < 4.78 is 51.9. The number of rotatable bonds is 11. The molecule has 2 aliphatic rings. The molecule has 8 nitrogen and oxygen atoms in total. The van der Waals surface area contributed by atoms with Crippen LogP contribution in [0.15, 0.2) is 17.1 Å². The molecule has 0 spiro atoms. The van der Waals surface area contributed by atoms with Crippen molar-refractivity contribution in [3.63, 3.8) is 0 Å². The number of hydrogen-bond acceptors (Lipinski definition) is 6. The Morgan fingerprint density at radius 3 is 2.77 bits per heavy atom. The van der Waals surface area contributed by atoms with Gasteiger partial charge in [-0.3, -0.25) is 0 Å². The summed E-state index contributed by atoms with van der Waals surface area (Å²) in [5.41, 5.74) is 0.483. The maximum absolute atomic E-state index is 12.8. The fourth-order valence-electron chi connectivity index (χ4n) is 3.17. The van der Waals surface area contributed by atoms with Crippen molar-refractivity contribution in [2.24, 2.45) is 4.99 Å². The van der Waals surface area contributed by atoms with Gasteiger partial charge in [0.2, 0.25) is 6.79 Å². The summed E-state index contributed by atoms with van der Waals surface area (Å²) in [5, 5.41) is 6.35. The number of halogens is 3. The maximum atomic E-state index is 12.8. The standard InChI is InChI=1S/C20H29F2N3O5.HI/c1-2-23-20(24-6-4-7-26-12-15-5-3-8-27-15)25-11-14-9-17-18(29-13-28-17)10-16(14)30-19(21)22;/h9-10,15,19H,2-8,11-13H2,1H3,(H2,23,24,25);1H. The van der Waals surface area contributed by atoms with Crippen LogP contribution in [0.3, 0.4) is 0 Å². The van der Waals surface area contributed by atoms with Crippen molar-refractivity contribution < 1.29 is 32.5 Å². The molecule has 2 aliphatic heterocycles. The van der Waals surface area contributed by atoms with Crippen molar-refractivity contribution in [3.8, 4) is 17.2 Å². The summed E-state index contributed by atoms with van der Waals surface area (Å²) >= 11 is 0. The van der Waals surface area contributed by atoms with Crippen LogP contribution in [-0.4, -0.2) is 58.4 Å². The summed E-state index contributed by atoms with van der Waals surface area (Å²) in [7, 11) is 0. The predicted octanol–water partition coefficient (Wildman–Crippen LogP) is 3.28. The molecule has 1 saturated heterocycles. The Bertz CT molecular complexity index is 706. The largest absolute Gasteiger partial charge is 0.454 e. The first-order valence-electron chi connectivity index (χ1n) is 10.2. The third-order valence-corrected chi connectivity index (χ3v) is 4.61. The minimum Gasteiger partial charge on any atom is -0.454 e. The monoisotopic (exact) mass is 557 g/mol. The van der Waals surface area contributed by atoms with E-state index < -0.39 is 6.61 Å². The van der Waals surface area contributed by atoms with Gasteiger partial charge >= 0.3 is 6.61 Å². The summed E-state index contributed by atoms with van der Waals surface area (Å²) in [6.45, 7) is 2.63. The van der Waals surface area contributed by atoms with Gasteiger partial charge in [-0.05, 0) is 32.3 Å². The number of nitrogens with one attached hydrogen (secondary N) is 2. The zero-order valence-corrected chi connectivity index (χ0v) is 19.9. The molecular weight excluding hydrogens is 527 g/mol. The molecule has 0 bridgehead atoms. The highest BCUT2D eigenvalue weighted by Crippen LogP contribution is 2.39. The van der Waals surface area contributed by atoms with Crippen molar-refractivity contribution in [3.05, 3.63) is 17.7 Å². The molecule has 0 aromatic heterocycles. The van der Waals surface area contributed by atoms with Gasteiger partial charge in [0.25, 0.3) is 0 Å². The highest BCUT2D eigenvalue weighted by molar-refractivity contribution is 14.0. The van der Waals surface area contributed by atoms with Crippen LogP contribution in [-0.2, 0) is 16.0 Å². The quantitative estimate of drug-likeness (QED) is 0.187. The van der Waals surface area contributed by atoms with Crippen LogP contribution >= 0.6 is 24.0 Å². The average Bonchev–Trinajstić information content (AvgIpc) is 3.39. The van der Waals surface area contributed by atoms with Crippen molar-refractivity contribution in [2.45, 2.75) is 45.4 Å². The van der Waals surface area contributed by atoms with Crippen molar-refractivity contribution >= 4 is 29.9 Å². The van der Waals surface area contributed by atoms with E-state index in [1.807, 2.05) is 6.92 Å². The first kappa shape index (κ1) is 25.7. The molecule has 2 heterocycles. The summed E-state index contributed by atoms with van der Waals surface area (Å²) in [6.07, 6.45) is 3.20. The number of hydrogen-bond donors (Lipinski definition) is 2. The Kier molecular flexibility index (Phi) is 11.4. The molecule has 1 aromatic carbocycles. The van der Waals surface area contributed by atoms with E-state index in [-0.39, 0.29) is 49.2 Å². The van der Waals surface area contributed by atoms with E-state index in [9.17, 15) is 8.78 Å². The van der Waals surface area contributed by atoms with Gasteiger partial charge in [0.05, 0.1) is 19.3 Å². The topological polar surface area (TPSA) is 82.6 Å². The molecule has 176 valence electrons. The molecule has 1 atom stereocenters. The van der Waals surface area contributed by atoms with Gasteiger partial charge < -0.3 is 34.3 Å². The number of fused-ring (bicyclic) bond motifs is 1. The second kappa shape index (κ2) is 13.7. The van der Waals surface area contributed by atoms with Gasteiger partial charge in [0, 0.05) is 37.9 Å². The second-order valence-electron chi connectivity index (χ2n) is 6.88. The van der Waals surface area contributed by atoms with E-state index in [1.54, 1.807) is 6.07 Å². The van der Waals surface area contributed by atoms with Gasteiger partial charge in [-0.15, -0.1) is 24.0 Å². The SMILES string of the molecule is CCNC(=NCc1cc2c(cc1OC(F)F)OCO2)NCCCOCC1CCCO1.I. The van der Waals surface area contributed by atoms with E-state index in [0.717, 1.165) is 25.9 Å². The van der Waals surface area contributed by atoms with Crippen LogP contribution in [0.2, 0.25) is 0 Å². The molecule has 1 fully saturated rings. The van der Waals surface area contributed by atoms with Crippen molar-refractivity contribution in [2.75, 3.05) is 39.7 Å². The molecule has 0 aliphatic carbocycles. The lowest BCUT2D eigenvalue weighted by atomic mass is 10.1. The lowest BCUT2D eigenvalue weighted by Crippen LogP contribution is -2.38. The number of guanidine groups is 1. The summed E-state index contributed by atoms with van der Waals surface area (Å²) in [4.78, 5) is 4.47. The molecule has 2 N–H and O–H groups in total. The molecule has 1 unspecified atom stereocenters. The third kappa shape index (κ3) is 8.45. The Hall–Kier alpha value is -1.60. The van der Waals surface area contributed by atoms with E-state index in [1.165, 1.54) is 6.07 Å². The number of ether oxygens (including phenoxy) is 5. The molecule has 1 aromatic rings. The molecule has 3 rings (SSSR count). The van der Waals surface area contributed by atoms with Crippen LogP contribution < -0.4 is 24.8 Å². The Balaban J connectivity index is 0.00000341. The number of alkyl halides is 2. The summed E-state index contributed by atoms with van der Waals surface area (Å²) in [5.74, 6) is 1.48. The summed E-state index contributed by atoms with van der Waals surface area (Å²) in [6, 6.07) is 3.02. The number of benzene rings is 1. The average molecular weight is 557 g/mol. The first-order chi connectivity index (χ1) is 14.7. The highest BCUT2D eigenvalue weighted by atomic mass is 127. The van der Waals surface area contributed by atoms with Crippen LogP contribution in [0.4, 0.5) is 8.78 Å². The third-order valence-electron chi connectivity index (χ3n) is 4.61. The van der Waals surface area contributed by atoms with Crippen LogP contribution in [0.1, 0.15) is 31.7 Å². The Labute approximate surface area is 198 Å². The second-order valence-corrected chi connectivity index (χ2v) is 6.88. The molecule has 11 heteroatoms. The molecule has 0 saturated carbocycles. The fourth-order valence-corrected chi connectivity index (χ4v) is 3.17. The lowest BCUT2D eigenvalue weighted by Gasteiger charge is -2.14. The fraction of sp³-hybridized carbons (Fsp3) is 0.650. The van der Waals surface area contributed by atoms with Crippen LogP contribution in [0.25, 0.3) is 0 Å². The number of nitrogens with zero attached hydrogens (tertiary/aromatic N) is 1. The van der Waals surface area contributed by atoms with Gasteiger partial charge in [-0.2, -0.15) is 8.78 Å². The molecule has 0 radical (unpaired) electrons. The first-order valence-corrected chi connectivity index (χ1v) is 10.2. The smallest absolute Gasteiger partial charge is 0.387 e. The maximum Gasteiger partial charge on any atom is 0.387 e. The van der Waals surface area contributed by atoms with Gasteiger partial charge in [-0.25, -0.2) is 4.99 Å². The van der Waals surface area contributed by atoms with E-state index in [0.29, 0.717) is 49.3 Å². The zero-order chi connectivity index (χ0) is 21.2. The van der Waals surface area contributed by atoms with E-state index >= 15 is 0 Å². The van der Waals surface area contributed by atoms with Crippen LogP contribution in [0.5, 0.6) is 17.2 Å². The Morgan fingerprint density at radius 2 is 2.06 bits per heavy atom.